The number of carbonyl (C=O) groups excluding carboxylic acids is 1. The summed E-state index contributed by atoms with van der Waals surface area (Å²) in [6, 6.07) is 0.472. The first-order valence-corrected chi connectivity index (χ1v) is 7.51. The van der Waals surface area contributed by atoms with Gasteiger partial charge in [0.2, 0.25) is 5.91 Å². The molecule has 1 N–H and O–H groups in total. The van der Waals surface area contributed by atoms with Crippen molar-refractivity contribution in [1.29, 1.82) is 0 Å². The van der Waals surface area contributed by atoms with Crippen molar-refractivity contribution in [3.8, 4) is 0 Å². The third-order valence-corrected chi connectivity index (χ3v) is 4.89. The van der Waals surface area contributed by atoms with Crippen molar-refractivity contribution in [2.45, 2.75) is 58.4 Å². The van der Waals surface area contributed by atoms with E-state index in [9.17, 15) is 4.79 Å². The van der Waals surface area contributed by atoms with Crippen LogP contribution in [0.2, 0.25) is 0 Å². The van der Waals surface area contributed by atoms with Gasteiger partial charge in [0, 0.05) is 19.6 Å². The van der Waals surface area contributed by atoms with Crippen molar-refractivity contribution in [3.63, 3.8) is 0 Å². The third-order valence-electron chi connectivity index (χ3n) is 4.89. The molecule has 1 saturated carbocycles. The van der Waals surface area contributed by atoms with Crippen LogP contribution in [0, 0.1) is 11.3 Å². The second-order valence-corrected chi connectivity index (χ2v) is 6.68. The molecule has 0 radical (unpaired) electrons. The molecule has 3 atom stereocenters. The van der Waals surface area contributed by atoms with Crippen molar-refractivity contribution in [1.82, 2.24) is 10.2 Å². The summed E-state index contributed by atoms with van der Waals surface area (Å²) in [6.07, 6.45) is 7.14. The Labute approximate surface area is 111 Å². The number of rotatable bonds is 2. The van der Waals surface area contributed by atoms with Crippen LogP contribution in [0.5, 0.6) is 0 Å². The maximum absolute atomic E-state index is 12.7. The summed E-state index contributed by atoms with van der Waals surface area (Å²) in [4.78, 5) is 14.8. The van der Waals surface area contributed by atoms with Gasteiger partial charge >= 0.3 is 0 Å². The minimum Gasteiger partial charge on any atom is -0.342 e. The molecule has 1 aliphatic heterocycles. The minimum absolute atomic E-state index is 0.173. The van der Waals surface area contributed by atoms with Gasteiger partial charge in [-0.1, -0.05) is 19.8 Å². The zero-order valence-corrected chi connectivity index (χ0v) is 12.2. The van der Waals surface area contributed by atoms with Gasteiger partial charge in [-0.3, -0.25) is 4.79 Å². The molecule has 2 rings (SSSR count). The first kappa shape index (κ1) is 13.9. The molecule has 0 aromatic carbocycles. The number of hydrogen-bond donors (Lipinski definition) is 1. The van der Waals surface area contributed by atoms with Gasteiger partial charge in [-0.25, -0.2) is 0 Å². The van der Waals surface area contributed by atoms with Gasteiger partial charge in [0.05, 0.1) is 5.41 Å². The van der Waals surface area contributed by atoms with Gasteiger partial charge in [0.15, 0.2) is 0 Å². The van der Waals surface area contributed by atoms with Crippen LogP contribution in [0.15, 0.2) is 0 Å². The van der Waals surface area contributed by atoms with Crippen LogP contribution in [0.4, 0.5) is 0 Å². The lowest BCUT2D eigenvalue weighted by molar-refractivity contribution is -0.144. The van der Waals surface area contributed by atoms with E-state index in [-0.39, 0.29) is 5.41 Å². The predicted molar refractivity (Wildman–Crippen MR) is 74.4 cm³/mol. The van der Waals surface area contributed by atoms with Crippen LogP contribution in [0.3, 0.4) is 0 Å². The molecule has 1 amide bonds. The van der Waals surface area contributed by atoms with Crippen LogP contribution in [0.25, 0.3) is 0 Å². The second-order valence-electron chi connectivity index (χ2n) is 6.68. The highest BCUT2D eigenvalue weighted by atomic mass is 16.2. The monoisotopic (exact) mass is 252 g/mol. The molecule has 0 bridgehead atoms. The number of piperidine rings is 1. The van der Waals surface area contributed by atoms with Crippen molar-refractivity contribution < 1.29 is 4.79 Å². The van der Waals surface area contributed by atoms with Gasteiger partial charge in [0.1, 0.15) is 0 Å². The second kappa shape index (κ2) is 5.60. The van der Waals surface area contributed by atoms with E-state index in [0.29, 0.717) is 11.9 Å². The molecule has 18 heavy (non-hydrogen) atoms. The molecule has 2 fully saturated rings. The van der Waals surface area contributed by atoms with E-state index in [4.69, 9.17) is 0 Å². The summed E-state index contributed by atoms with van der Waals surface area (Å²) < 4.78 is 0. The molecule has 1 saturated heterocycles. The van der Waals surface area contributed by atoms with Gasteiger partial charge in [-0.2, -0.15) is 0 Å². The van der Waals surface area contributed by atoms with Crippen molar-refractivity contribution in [2.24, 2.45) is 11.3 Å². The summed E-state index contributed by atoms with van der Waals surface area (Å²) in [7, 11) is 2.02. The van der Waals surface area contributed by atoms with E-state index in [0.717, 1.165) is 31.8 Å². The zero-order chi connectivity index (χ0) is 13.2. The fourth-order valence-electron chi connectivity index (χ4n) is 3.58. The van der Waals surface area contributed by atoms with Gasteiger partial charge in [-0.05, 0) is 45.1 Å². The predicted octanol–water partition coefficient (Wildman–Crippen LogP) is 2.41. The van der Waals surface area contributed by atoms with Crippen LogP contribution >= 0.6 is 0 Å². The summed E-state index contributed by atoms with van der Waals surface area (Å²) >= 11 is 0. The lowest BCUT2D eigenvalue weighted by atomic mass is 9.80. The first-order chi connectivity index (χ1) is 8.53. The molecular weight excluding hydrogens is 224 g/mol. The van der Waals surface area contributed by atoms with E-state index in [2.05, 4.69) is 24.1 Å². The van der Waals surface area contributed by atoms with Crippen LogP contribution in [-0.2, 0) is 4.79 Å². The summed E-state index contributed by atoms with van der Waals surface area (Å²) in [5.74, 6) is 1.13. The minimum atomic E-state index is -0.173. The number of nitrogens with zero attached hydrogens (tertiary/aromatic N) is 1. The molecule has 104 valence electrons. The van der Waals surface area contributed by atoms with Gasteiger partial charge in [0.25, 0.3) is 0 Å². The normalized spacial score (nSPS) is 37.3. The summed E-state index contributed by atoms with van der Waals surface area (Å²) in [6.45, 7) is 6.35. The van der Waals surface area contributed by atoms with Crippen LogP contribution in [-0.4, -0.2) is 37.0 Å². The van der Waals surface area contributed by atoms with Crippen molar-refractivity contribution in [3.05, 3.63) is 0 Å². The van der Waals surface area contributed by atoms with E-state index in [1.807, 2.05) is 7.05 Å². The molecule has 0 aromatic rings. The van der Waals surface area contributed by atoms with Crippen molar-refractivity contribution in [2.75, 3.05) is 20.1 Å². The fourth-order valence-corrected chi connectivity index (χ4v) is 3.58. The van der Waals surface area contributed by atoms with Gasteiger partial charge in [-0.15, -0.1) is 0 Å². The lowest BCUT2D eigenvalue weighted by Gasteiger charge is -2.41. The molecule has 0 aromatic heterocycles. The van der Waals surface area contributed by atoms with E-state index in [1.165, 1.54) is 25.7 Å². The summed E-state index contributed by atoms with van der Waals surface area (Å²) in [5.41, 5.74) is -0.173. The first-order valence-electron chi connectivity index (χ1n) is 7.51. The molecular formula is C15H28N2O. The number of nitrogens with one attached hydrogen (secondary N) is 1. The molecule has 3 heteroatoms. The number of carbonyl (C=O) groups is 1. The highest BCUT2D eigenvalue weighted by Gasteiger charge is 2.39. The van der Waals surface area contributed by atoms with Gasteiger partial charge < -0.3 is 10.2 Å². The maximum Gasteiger partial charge on any atom is 0.229 e. The smallest absolute Gasteiger partial charge is 0.229 e. The maximum atomic E-state index is 12.7. The Morgan fingerprint density at radius 2 is 2.11 bits per heavy atom. The average Bonchev–Trinajstić information content (AvgIpc) is 2.38. The fraction of sp³-hybridized carbons (Fsp3) is 0.933. The van der Waals surface area contributed by atoms with Crippen LogP contribution in [0.1, 0.15) is 52.4 Å². The Bertz CT molecular complexity index is 297. The standard InChI is InChI=1S/C15H28N2O/c1-12-6-4-7-13(10-12)17(3)14(18)15(2)8-5-9-16-11-15/h12-13,16H,4-11H2,1-3H3. The topological polar surface area (TPSA) is 32.3 Å². The summed E-state index contributed by atoms with van der Waals surface area (Å²) in [5, 5.41) is 3.38. The molecule has 0 spiro atoms. The Morgan fingerprint density at radius 1 is 1.33 bits per heavy atom. The van der Waals surface area contributed by atoms with E-state index >= 15 is 0 Å². The quantitative estimate of drug-likeness (QED) is 0.818. The Kier molecular flexibility index (Phi) is 4.31. The average molecular weight is 252 g/mol. The van der Waals surface area contributed by atoms with Crippen molar-refractivity contribution >= 4 is 5.91 Å². The lowest BCUT2D eigenvalue weighted by Crippen LogP contribution is -2.52. The molecule has 3 nitrogen and oxygen atoms in total. The Balaban J connectivity index is 1.98. The number of hydrogen-bond acceptors (Lipinski definition) is 2. The van der Waals surface area contributed by atoms with Crippen LogP contribution < -0.4 is 5.32 Å². The molecule has 2 aliphatic rings. The highest BCUT2D eigenvalue weighted by Crippen LogP contribution is 2.32. The Morgan fingerprint density at radius 3 is 2.72 bits per heavy atom. The van der Waals surface area contributed by atoms with E-state index < -0.39 is 0 Å². The molecule has 1 aliphatic carbocycles. The largest absolute Gasteiger partial charge is 0.342 e. The third kappa shape index (κ3) is 2.87. The SMILES string of the molecule is CC1CCCC(N(C)C(=O)C2(C)CCCNC2)C1. The zero-order valence-electron chi connectivity index (χ0n) is 12.2. The van der Waals surface area contributed by atoms with E-state index in [1.54, 1.807) is 0 Å². The Hall–Kier alpha value is -0.570. The molecule has 3 unspecified atom stereocenters. The number of amides is 1. The highest BCUT2D eigenvalue weighted by molar-refractivity contribution is 5.82. The molecule has 1 heterocycles.